The summed E-state index contributed by atoms with van der Waals surface area (Å²) in [6, 6.07) is 14.7. The van der Waals surface area contributed by atoms with Gasteiger partial charge in [0, 0.05) is 5.92 Å². The first kappa shape index (κ1) is 17.0. The standard InChI is InChI=1S/C20H15F3O2/c21-15-6-1-12(2-7-15)19(13-3-8-16(22)9-4-13)20(25)14-5-10-18(24)17(23)11-14/h1-11,19-20,24-25H. The first-order valence-corrected chi connectivity index (χ1v) is 7.63. The third-order valence-electron chi connectivity index (χ3n) is 4.09. The highest BCUT2D eigenvalue weighted by molar-refractivity contribution is 5.38. The minimum atomic E-state index is -1.17. The maximum Gasteiger partial charge on any atom is 0.165 e. The molecule has 0 bridgehead atoms. The van der Waals surface area contributed by atoms with Crippen LogP contribution in [0.3, 0.4) is 0 Å². The summed E-state index contributed by atoms with van der Waals surface area (Å²) in [5.74, 6) is -2.88. The summed E-state index contributed by atoms with van der Waals surface area (Å²) < 4.78 is 40.1. The fourth-order valence-electron chi connectivity index (χ4n) is 2.80. The molecule has 0 spiro atoms. The Hall–Kier alpha value is -2.79. The van der Waals surface area contributed by atoms with E-state index in [0.717, 1.165) is 12.1 Å². The molecule has 0 amide bonds. The minimum absolute atomic E-state index is 0.244. The van der Waals surface area contributed by atoms with E-state index in [1.807, 2.05) is 0 Å². The van der Waals surface area contributed by atoms with Gasteiger partial charge in [0.1, 0.15) is 11.6 Å². The zero-order chi connectivity index (χ0) is 18.0. The molecule has 3 aromatic rings. The highest BCUT2D eigenvalue weighted by Crippen LogP contribution is 2.37. The SMILES string of the molecule is Oc1ccc(C(O)C(c2ccc(F)cc2)c2ccc(F)cc2)cc1F. The molecule has 0 saturated carbocycles. The molecule has 0 aromatic heterocycles. The Morgan fingerprint density at radius 2 is 1.08 bits per heavy atom. The van der Waals surface area contributed by atoms with Crippen LogP contribution in [0.1, 0.15) is 28.7 Å². The second-order valence-electron chi connectivity index (χ2n) is 5.74. The Labute approximate surface area is 142 Å². The van der Waals surface area contributed by atoms with Gasteiger partial charge in [-0.15, -0.1) is 0 Å². The number of hydrogen-bond acceptors (Lipinski definition) is 2. The summed E-state index contributed by atoms with van der Waals surface area (Å²) in [6.07, 6.45) is -1.17. The van der Waals surface area contributed by atoms with Crippen LogP contribution in [0.25, 0.3) is 0 Å². The zero-order valence-corrected chi connectivity index (χ0v) is 13.0. The van der Waals surface area contributed by atoms with Crippen LogP contribution < -0.4 is 0 Å². The molecule has 0 aliphatic heterocycles. The predicted octanol–water partition coefficient (Wildman–Crippen LogP) is 4.68. The van der Waals surface area contributed by atoms with Crippen molar-refractivity contribution in [2.24, 2.45) is 0 Å². The zero-order valence-electron chi connectivity index (χ0n) is 13.0. The number of aliphatic hydroxyl groups excluding tert-OH is 1. The Balaban J connectivity index is 2.07. The fraction of sp³-hybridized carbons (Fsp3) is 0.100. The van der Waals surface area contributed by atoms with E-state index in [1.165, 1.54) is 54.6 Å². The number of phenols is 1. The van der Waals surface area contributed by atoms with Gasteiger partial charge in [-0.1, -0.05) is 30.3 Å². The van der Waals surface area contributed by atoms with Gasteiger partial charge in [0.2, 0.25) is 0 Å². The summed E-state index contributed by atoms with van der Waals surface area (Å²) in [5.41, 5.74) is 1.43. The van der Waals surface area contributed by atoms with Crippen molar-refractivity contribution in [3.05, 3.63) is 101 Å². The topological polar surface area (TPSA) is 40.5 Å². The van der Waals surface area contributed by atoms with E-state index in [9.17, 15) is 23.4 Å². The highest BCUT2D eigenvalue weighted by atomic mass is 19.1. The minimum Gasteiger partial charge on any atom is -0.505 e. The van der Waals surface area contributed by atoms with E-state index in [-0.39, 0.29) is 5.56 Å². The summed E-state index contributed by atoms with van der Waals surface area (Å²) in [7, 11) is 0. The predicted molar refractivity (Wildman–Crippen MR) is 87.7 cm³/mol. The first-order valence-electron chi connectivity index (χ1n) is 7.63. The van der Waals surface area contributed by atoms with Crippen molar-refractivity contribution in [2.75, 3.05) is 0 Å². The van der Waals surface area contributed by atoms with Gasteiger partial charge < -0.3 is 10.2 Å². The van der Waals surface area contributed by atoms with Crippen molar-refractivity contribution in [1.82, 2.24) is 0 Å². The van der Waals surface area contributed by atoms with Gasteiger partial charge in [-0.05, 0) is 53.1 Å². The number of benzene rings is 3. The molecule has 0 radical (unpaired) electrons. The van der Waals surface area contributed by atoms with E-state index < -0.39 is 35.2 Å². The van der Waals surface area contributed by atoms with E-state index in [2.05, 4.69) is 0 Å². The number of rotatable bonds is 4. The van der Waals surface area contributed by atoms with Gasteiger partial charge in [-0.2, -0.15) is 0 Å². The molecule has 5 heteroatoms. The lowest BCUT2D eigenvalue weighted by atomic mass is 9.83. The van der Waals surface area contributed by atoms with Crippen LogP contribution in [-0.2, 0) is 0 Å². The normalized spacial score (nSPS) is 12.4. The Morgan fingerprint density at radius 1 is 0.640 bits per heavy atom. The molecule has 0 aliphatic rings. The van der Waals surface area contributed by atoms with Crippen LogP contribution in [0.15, 0.2) is 66.7 Å². The average molecular weight is 344 g/mol. The van der Waals surface area contributed by atoms with Crippen LogP contribution in [0, 0.1) is 17.5 Å². The first-order chi connectivity index (χ1) is 12.0. The molecule has 25 heavy (non-hydrogen) atoms. The Kier molecular flexibility index (Phi) is 4.76. The van der Waals surface area contributed by atoms with E-state index in [4.69, 9.17) is 0 Å². The van der Waals surface area contributed by atoms with Crippen LogP contribution in [0.4, 0.5) is 13.2 Å². The van der Waals surface area contributed by atoms with E-state index >= 15 is 0 Å². The molecule has 1 atom stereocenters. The number of halogens is 3. The van der Waals surface area contributed by atoms with Crippen molar-refractivity contribution in [3.8, 4) is 5.75 Å². The quantitative estimate of drug-likeness (QED) is 0.722. The summed E-state index contributed by atoms with van der Waals surface area (Å²) in [6.45, 7) is 0. The number of hydrogen-bond donors (Lipinski definition) is 2. The van der Waals surface area contributed by atoms with Gasteiger partial charge >= 0.3 is 0 Å². The second-order valence-corrected chi connectivity index (χ2v) is 5.74. The van der Waals surface area contributed by atoms with Gasteiger partial charge in [0.05, 0.1) is 6.10 Å². The lowest BCUT2D eigenvalue weighted by molar-refractivity contribution is 0.158. The molecule has 0 heterocycles. The molecular weight excluding hydrogens is 329 g/mol. The second kappa shape index (κ2) is 6.99. The Bertz CT molecular complexity index is 816. The monoisotopic (exact) mass is 344 g/mol. The van der Waals surface area contributed by atoms with Crippen molar-refractivity contribution in [2.45, 2.75) is 12.0 Å². The highest BCUT2D eigenvalue weighted by Gasteiger charge is 2.25. The maximum absolute atomic E-state index is 13.7. The molecular formula is C20H15F3O2. The number of aromatic hydroxyl groups is 1. The summed E-state index contributed by atoms with van der Waals surface area (Å²) in [5, 5.41) is 20.1. The maximum atomic E-state index is 13.7. The van der Waals surface area contributed by atoms with Crippen LogP contribution in [-0.4, -0.2) is 10.2 Å². The molecule has 1 unspecified atom stereocenters. The van der Waals surface area contributed by atoms with E-state index in [1.54, 1.807) is 0 Å². The summed E-state index contributed by atoms with van der Waals surface area (Å²) >= 11 is 0. The third kappa shape index (κ3) is 3.67. The van der Waals surface area contributed by atoms with Crippen molar-refractivity contribution in [3.63, 3.8) is 0 Å². The fourth-order valence-corrected chi connectivity index (χ4v) is 2.80. The van der Waals surface area contributed by atoms with Gasteiger partial charge in [-0.25, -0.2) is 13.2 Å². The lowest BCUT2D eigenvalue weighted by Crippen LogP contribution is -2.13. The third-order valence-corrected chi connectivity index (χ3v) is 4.09. The molecule has 0 fully saturated rings. The molecule has 128 valence electrons. The van der Waals surface area contributed by atoms with Crippen LogP contribution >= 0.6 is 0 Å². The van der Waals surface area contributed by atoms with Gasteiger partial charge in [0.25, 0.3) is 0 Å². The molecule has 0 saturated heterocycles. The molecule has 2 N–H and O–H groups in total. The lowest BCUT2D eigenvalue weighted by Gasteiger charge is -2.24. The van der Waals surface area contributed by atoms with Gasteiger partial charge in [0.15, 0.2) is 11.6 Å². The van der Waals surface area contributed by atoms with Crippen LogP contribution in [0.5, 0.6) is 5.75 Å². The van der Waals surface area contributed by atoms with Gasteiger partial charge in [-0.3, -0.25) is 0 Å². The van der Waals surface area contributed by atoms with E-state index in [0.29, 0.717) is 11.1 Å². The van der Waals surface area contributed by atoms with Crippen molar-refractivity contribution >= 4 is 0 Å². The number of phenolic OH excluding ortho intramolecular Hbond substituents is 1. The Morgan fingerprint density at radius 3 is 1.52 bits per heavy atom. The molecule has 2 nitrogen and oxygen atoms in total. The molecule has 0 aliphatic carbocycles. The van der Waals surface area contributed by atoms with Crippen molar-refractivity contribution in [1.29, 1.82) is 0 Å². The summed E-state index contributed by atoms with van der Waals surface area (Å²) in [4.78, 5) is 0. The molecule has 3 rings (SSSR count). The molecule has 3 aromatic carbocycles. The van der Waals surface area contributed by atoms with Crippen LogP contribution in [0.2, 0.25) is 0 Å². The largest absolute Gasteiger partial charge is 0.505 e. The van der Waals surface area contributed by atoms with Crippen molar-refractivity contribution < 1.29 is 23.4 Å². The number of aliphatic hydroxyl groups is 1. The average Bonchev–Trinajstić information content (AvgIpc) is 2.61. The smallest absolute Gasteiger partial charge is 0.165 e.